The lowest BCUT2D eigenvalue weighted by Gasteiger charge is -2.18. The van der Waals surface area contributed by atoms with Crippen molar-refractivity contribution in [3.05, 3.63) is 53.2 Å². The van der Waals surface area contributed by atoms with Crippen molar-refractivity contribution < 1.29 is 14.2 Å². The molecule has 1 aliphatic carbocycles. The molecule has 4 rings (SSSR count). The third-order valence-corrected chi connectivity index (χ3v) is 5.92. The van der Waals surface area contributed by atoms with E-state index in [2.05, 4.69) is 45.7 Å². The van der Waals surface area contributed by atoms with Gasteiger partial charge in [0.1, 0.15) is 18.0 Å². The second-order valence-electron chi connectivity index (χ2n) is 8.52. The summed E-state index contributed by atoms with van der Waals surface area (Å²) in [5, 5.41) is 6.73. The van der Waals surface area contributed by atoms with Gasteiger partial charge in [0.25, 0.3) is 0 Å². The van der Waals surface area contributed by atoms with E-state index in [1.54, 1.807) is 7.05 Å². The van der Waals surface area contributed by atoms with Gasteiger partial charge in [0.05, 0.1) is 13.2 Å². The van der Waals surface area contributed by atoms with E-state index in [9.17, 15) is 0 Å². The number of hydrogen-bond acceptors (Lipinski definition) is 5. The van der Waals surface area contributed by atoms with Crippen molar-refractivity contribution in [2.75, 3.05) is 20.3 Å². The summed E-state index contributed by atoms with van der Waals surface area (Å²) in [7, 11) is 1.77. The predicted molar refractivity (Wildman–Crippen MR) is 125 cm³/mol. The van der Waals surface area contributed by atoms with Crippen LogP contribution in [0.4, 0.5) is 0 Å². The normalized spacial score (nSPS) is 19.2. The molecular weight excluding hydrogens is 404 g/mol. The first-order chi connectivity index (χ1) is 15.7. The number of pyridine rings is 1. The first-order valence-corrected chi connectivity index (χ1v) is 11.6. The highest BCUT2D eigenvalue weighted by Gasteiger charge is 2.19. The summed E-state index contributed by atoms with van der Waals surface area (Å²) in [6.45, 7) is 4.75. The number of hydrogen-bond donors (Lipinski definition) is 2. The van der Waals surface area contributed by atoms with Crippen molar-refractivity contribution in [3.63, 3.8) is 0 Å². The Morgan fingerprint density at radius 2 is 1.91 bits per heavy atom. The third kappa shape index (κ3) is 6.36. The van der Waals surface area contributed by atoms with Gasteiger partial charge in [0.2, 0.25) is 5.88 Å². The zero-order chi connectivity index (χ0) is 22.2. The minimum atomic E-state index is 0.126. The molecule has 172 valence electrons. The van der Waals surface area contributed by atoms with Crippen molar-refractivity contribution >= 4 is 5.96 Å². The van der Waals surface area contributed by atoms with E-state index in [0.717, 1.165) is 48.7 Å². The summed E-state index contributed by atoms with van der Waals surface area (Å²) in [6, 6.07) is 10.3. The summed E-state index contributed by atoms with van der Waals surface area (Å²) in [5.74, 6) is 2.35. The number of rotatable bonds is 8. The zero-order valence-electron chi connectivity index (χ0n) is 19.1. The van der Waals surface area contributed by atoms with Gasteiger partial charge in [-0.1, -0.05) is 18.2 Å². The highest BCUT2D eigenvalue weighted by molar-refractivity contribution is 5.79. The van der Waals surface area contributed by atoms with Gasteiger partial charge in [-0.25, -0.2) is 4.98 Å². The molecule has 32 heavy (non-hydrogen) atoms. The average Bonchev–Trinajstić information content (AvgIpc) is 3.50. The monoisotopic (exact) mass is 438 g/mol. The number of guanidine groups is 1. The van der Waals surface area contributed by atoms with E-state index in [-0.39, 0.29) is 6.10 Å². The Hall–Kier alpha value is -2.80. The molecule has 0 spiro atoms. The highest BCUT2D eigenvalue weighted by atomic mass is 16.5. The largest absolute Gasteiger partial charge is 0.488 e. The molecule has 1 aromatic heterocycles. The minimum absolute atomic E-state index is 0.126. The molecule has 2 heterocycles. The fourth-order valence-electron chi connectivity index (χ4n) is 4.05. The third-order valence-electron chi connectivity index (χ3n) is 5.92. The Labute approximate surface area is 190 Å². The van der Waals surface area contributed by atoms with Gasteiger partial charge in [-0.15, -0.1) is 0 Å². The molecule has 7 heteroatoms. The molecule has 1 saturated carbocycles. The fraction of sp³-hybridized carbons (Fsp3) is 0.520. The number of aliphatic imine (C=N–C) groups is 1. The smallest absolute Gasteiger partial charge is 0.213 e. The summed E-state index contributed by atoms with van der Waals surface area (Å²) in [6.07, 6.45) is 8.02. The number of ether oxygens (including phenoxy) is 3. The lowest BCUT2D eigenvalue weighted by atomic mass is 10.1. The van der Waals surface area contributed by atoms with Crippen LogP contribution in [0.3, 0.4) is 0 Å². The lowest BCUT2D eigenvalue weighted by molar-refractivity contribution is 0.140. The van der Waals surface area contributed by atoms with Crippen molar-refractivity contribution in [2.45, 2.75) is 64.3 Å². The molecule has 2 N–H and O–H groups in total. The molecule has 1 atom stereocenters. The van der Waals surface area contributed by atoms with Crippen molar-refractivity contribution in [1.82, 2.24) is 15.6 Å². The van der Waals surface area contributed by atoms with Gasteiger partial charge >= 0.3 is 0 Å². The van der Waals surface area contributed by atoms with Crippen LogP contribution in [-0.4, -0.2) is 43.4 Å². The van der Waals surface area contributed by atoms with E-state index in [1.165, 1.54) is 18.4 Å². The van der Waals surface area contributed by atoms with Crippen LogP contribution < -0.4 is 20.1 Å². The molecule has 1 aliphatic heterocycles. The highest BCUT2D eigenvalue weighted by Crippen LogP contribution is 2.24. The van der Waals surface area contributed by atoms with Crippen molar-refractivity contribution in [1.29, 1.82) is 0 Å². The maximum absolute atomic E-state index is 6.20. The van der Waals surface area contributed by atoms with Gasteiger partial charge in [0.15, 0.2) is 5.96 Å². The quantitative estimate of drug-likeness (QED) is 0.483. The first kappa shape index (κ1) is 22.4. The van der Waals surface area contributed by atoms with Gasteiger partial charge in [-0.2, -0.15) is 0 Å². The standard InChI is InChI=1S/C25H34N4O3/c1-18-7-9-20(23(13-18)31-22-11-12-30-17-22)16-29-25(26-2)28-15-19-8-10-24(27-14-19)32-21-5-3-4-6-21/h7-10,13-14,21-22H,3-6,11-12,15-17H2,1-2H3,(H2,26,28,29). The molecule has 2 aliphatic rings. The molecule has 2 aromatic rings. The molecule has 0 bridgehead atoms. The molecule has 1 unspecified atom stereocenters. The Balaban J connectivity index is 1.27. The van der Waals surface area contributed by atoms with Crippen LogP contribution in [0.1, 0.15) is 48.8 Å². The van der Waals surface area contributed by atoms with Crippen LogP contribution in [0, 0.1) is 6.92 Å². The van der Waals surface area contributed by atoms with Crippen LogP contribution >= 0.6 is 0 Å². The van der Waals surface area contributed by atoms with E-state index in [1.807, 2.05) is 18.3 Å². The van der Waals surface area contributed by atoms with Crippen molar-refractivity contribution in [3.8, 4) is 11.6 Å². The van der Waals surface area contributed by atoms with Gasteiger partial charge in [0, 0.05) is 44.4 Å². The second-order valence-corrected chi connectivity index (χ2v) is 8.52. The molecule has 1 aromatic carbocycles. The fourth-order valence-corrected chi connectivity index (χ4v) is 4.05. The summed E-state index contributed by atoms with van der Waals surface area (Å²) >= 11 is 0. The number of nitrogens with one attached hydrogen (secondary N) is 2. The molecule has 1 saturated heterocycles. The first-order valence-electron chi connectivity index (χ1n) is 11.6. The maximum Gasteiger partial charge on any atom is 0.213 e. The number of nitrogens with zero attached hydrogens (tertiary/aromatic N) is 2. The average molecular weight is 439 g/mol. The van der Waals surface area contributed by atoms with Crippen LogP contribution in [-0.2, 0) is 17.8 Å². The molecular formula is C25H34N4O3. The minimum Gasteiger partial charge on any atom is -0.488 e. The van der Waals surface area contributed by atoms with Crippen LogP contribution in [0.5, 0.6) is 11.6 Å². The Kier molecular flexibility index (Phi) is 7.82. The Morgan fingerprint density at radius 1 is 1.06 bits per heavy atom. The zero-order valence-corrected chi connectivity index (χ0v) is 19.1. The number of aryl methyl sites for hydroxylation is 1. The molecule has 0 radical (unpaired) electrons. The van der Waals surface area contributed by atoms with E-state index in [4.69, 9.17) is 14.2 Å². The van der Waals surface area contributed by atoms with E-state index in [0.29, 0.717) is 31.7 Å². The van der Waals surface area contributed by atoms with Gasteiger partial charge in [-0.05, 0) is 49.8 Å². The van der Waals surface area contributed by atoms with Crippen LogP contribution in [0.15, 0.2) is 41.5 Å². The van der Waals surface area contributed by atoms with E-state index >= 15 is 0 Å². The predicted octanol–water partition coefficient (Wildman–Crippen LogP) is 3.74. The summed E-state index contributed by atoms with van der Waals surface area (Å²) in [5.41, 5.74) is 3.35. The summed E-state index contributed by atoms with van der Waals surface area (Å²) in [4.78, 5) is 8.80. The Morgan fingerprint density at radius 3 is 2.62 bits per heavy atom. The van der Waals surface area contributed by atoms with Crippen LogP contribution in [0.25, 0.3) is 0 Å². The maximum atomic E-state index is 6.20. The molecule has 0 amide bonds. The van der Waals surface area contributed by atoms with E-state index < -0.39 is 0 Å². The van der Waals surface area contributed by atoms with Crippen LogP contribution in [0.2, 0.25) is 0 Å². The topological polar surface area (TPSA) is 77.0 Å². The van der Waals surface area contributed by atoms with Crippen molar-refractivity contribution in [2.24, 2.45) is 4.99 Å². The molecule has 2 fully saturated rings. The second kappa shape index (κ2) is 11.2. The summed E-state index contributed by atoms with van der Waals surface area (Å²) < 4.78 is 17.6. The van der Waals surface area contributed by atoms with Gasteiger partial charge in [-0.3, -0.25) is 4.99 Å². The Bertz CT molecular complexity index is 889. The number of aromatic nitrogens is 1. The SMILES string of the molecule is CN=C(NCc1ccc(OC2CCCC2)nc1)NCc1ccc(C)cc1OC1CCOC1. The molecule has 7 nitrogen and oxygen atoms in total. The number of benzene rings is 1. The lowest BCUT2D eigenvalue weighted by Crippen LogP contribution is -2.36. The van der Waals surface area contributed by atoms with Gasteiger partial charge < -0.3 is 24.8 Å².